The van der Waals surface area contributed by atoms with E-state index in [2.05, 4.69) is 10.3 Å². The molecule has 0 saturated carbocycles. The van der Waals surface area contributed by atoms with Crippen molar-refractivity contribution in [3.63, 3.8) is 0 Å². The van der Waals surface area contributed by atoms with Crippen molar-refractivity contribution in [1.82, 2.24) is 5.32 Å². The fraction of sp³-hybridized carbons (Fsp3) is 0.462. The molecule has 6 heteroatoms. The number of benzene rings is 1. The van der Waals surface area contributed by atoms with E-state index in [0.29, 0.717) is 23.8 Å². The third-order valence-electron chi connectivity index (χ3n) is 2.23. The number of hydrogen-bond acceptors (Lipinski definition) is 3. The fourth-order valence-electron chi connectivity index (χ4n) is 1.45. The first-order valence-electron chi connectivity index (χ1n) is 5.76. The van der Waals surface area contributed by atoms with E-state index in [1.807, 2.05) is 20.8 Å². The van der Waals surface area contributed by atoms with E-state index in [1.165, 1.54) is 7.11 Å². The van der Waals surface area contributed by atoms with Crippen LogP contribution in [-0.2, 0) is 6.54 Å². The second kappa shape index (κ2) is 7.42. The average molecular weight is 379 g/mol. The van der Waals surface area contributed by atoms with Crippen LogP contribution in [0.15, 0.2) is 23.2 Å². The number of hydrogen-bond donors (Lipinski definition) is 3. The molecule has 0 radical (unpaired) electrons. The summed E-state index contributed by atoms with van der Waals surface area (Å²) in [6.07, 6.45) is 0. The number of phenolic OH excluding ortho intramolecular Hbond substituents is 1. The molecule has 0 aliphatic carbocycles. The Morgan fingerprint density at radius 2 is 2.05 bits per heavy atom. The van der Waals surface area contributed by atoms with Gasteiger partial charge in [-0.3, -0.25) is 0 Å². The SMILES string of the molecule is COc1cccc(CN=C(N)NC(C)(C)C)c1O.I. The zero-order valence-corrected chi connectivity index (χ0v) is 14.1. The number of rotatable bonds is 3. The van der Waals surface area contributed by atoms with Crippen molar-refractivity contribution in [3.8, 4) is 11.5 Å². The van der Waals surface area contributed by atoms with E-state index in [0.717, 1.165) is 0 Å². The van der Waals surface area contributed by atoms with Crippen molar-refractivity contribution in [2.45, 2.75) is 32.9 Å². The molecule has 0 unspecified atom stereocenters. The standard InChI is InChI=1S/C13H21N3O2.HI/c1-13(2,3)16-12(14)15-8-9-6-5-7-10(18-4)11(9)17;/h5-7,17H,8H2,1-4H3,(H3,14,15,16);1H. The van der Waals surface area contributed by atoms with Gasteiger partial charge < -0.3 is 20.9 Å². The average Bonchev–Trinajstić information content (AvgIpc) is 2.25. The van der Waals surface area contributed by atoms with Crippen LogP contribution in [0, 0.1) is 0 Å². The van der Waals surface area contributed by atoms with E-state index in [9.17, 15) is 5.11 Å². The van der Waals surface area contributed by atoms with E-state index in [1.54, 1.807) is 18.2 Å². The van der Waals surface area contributed by atoms with Crippen LogP contribution in [0.5, 0.6) is 11.5 Å². The molecular weight excluding hydrogens is 357 g/mol. The van der Waals surface area contributed by atoms with Crippen molar-refractivity contribution in [2.24, 2.45) is 10.7 Å². The monoisotopic (exact) mass is 379 g/mol. The number of ether oxygens (including phenoxy) is 1. The summed E-state index contributed by atoms with van der Waals surface area (Å²) >= 11 is 0. The maximum absolute atomic E-state index is 9.88. The number of methoxy groups -OCH3 is 1. The van der Waals surface area contributed by atoms with E-state index >= 15 is 0 Å². The second-order valence-electron chi connectivity index (χ2n) is 5.04. The largest absolute Gasteiger partial charge is 0.504 e. The van der Waals surface area contributed by atoms with Gasteiger partial charge in [-0.15, -0.1) is 24.0 Å². The molecule has 0 aliphatic heterocycles. The van der Waals surface area contributed by atoms with Gasteiger partial charge >= 0.3 is 0 Å². The first-order valence-corrected chi connectivity index (χ1v) is 5.76. The second-order valence-corrected chi connectivity index (χ2v) is 5.04. The quantitative estimate of drug-likeness (QED) is 0.428. The molecule has 0 aliphatic rings. The van der Waals surface area contributed by atoms with Crippen LogP contribution in [0.1, 0.15) is 26.3 Å². The van der Waals surface area contributed by atoms with Gasteiger partial charge in [0.2, 0.25) is 0 Å². The molecule has 0 bridgehead atoms. The van der Waals surface area contributed by atoms with Crippen molar-refractivity contribution in [2.75, 3.05) is 7.11 Å². The highest BCUT2D eigenvalue weighted by Gasteiger charge is 2.10. The first-order chi connectivity index (χ1) is 8.33. The number of guanidine groups is 1. The van der Waals surface area contributed by atoms with Gasteiger partial charge in [0.1, 0.15) is 0 Å². The Hall–Kier alpha value is -1.18. The Balaban J connectivity index is 0.00000324. The Morgan fingerprint density at radius 3 is 2.58 bits per heavy atom. The molecule has 5 nitrogen and oxygen atoms in total. The minimum absolute atomic E-state index is 0. The molecule has 0 heterocycles. The normalized spacial score (nSPS) is 11.7. The number of aromatic hydroxyl groups is 1. The maximum atomic E-state index is 9.88. The molecule has 0 atom stereocenters. The third kappa shape index (κ3) is 6.00. The van der Waals surface area contributed by atoms with E-state index in [-0.39, 0.29) is 35.3 Å². The lowest BCUT2D eigenvalue weighted by Gasteiger charge is -2.21. The Bertz CT molecular complexity index is 442. The minimum Gasteiger partial charge on any atom is -0.504 e. The summed E-state index contributed by atoms with van der Waals surface area (Å²) < 4.78 is 5.03. The van der Waals surface area contributed by atoms with Gasteiger partial charge in [-0.1, -0.05) is 12.1 Å². The van der Waals surface area contributed by atoms with Crippen molar-refractivity contribution >= 4 is 29.9 Å². The van der Waals surface area contributed by atoms with Gasteiger partial charge in [0.15, 0.2) is 17.5 Å². The number of para-hydroxylation sites is 1. The predicted molar refractivity (Wildman–Crippen MR) is 88.3 cm³/mol. The Labute approximate surface area is 131 Å². The molecule has 0 saturated heterocycles. The molecule has 4 N–H and O–H groups in total. The van der Waals surface area contributed by atoms with Crippen molar-refractivity contribution in [1.29, 1.82) is 0 Å². The Morgan fingerprint density at radius 1 is 1.42 bits per heavy atom. The highest BCUT2D eigenvalue weighted by molar-refractivity contribution is 14.0. The van der Waals surface area contributed by atoms with Crippen molar-refractivity contribution < 1.29 is 9.84 Å². The van der Waals surface area contributed by atoms with Crippen LogP contribution in [0.3, 0.4) is 0 Å². The molecule has 19 heavy (non-hydrogen) atoms. The van der Waals surface area contributed by atoms with Crippen molar-refractivity contribution in [3.05, 3.63) is 23.8 Å². The van der Waals surface area contributed by atoms with Crippen LogP contribution in [0.2, 0.25) is 0 Å². The lowest BCUT2D eigenvalue weighted by atomic mass is 10.1. The summed E-state index contributed by atoms with van der Waals surface area (Å²) in [5.41, 5.74) is 6.29. The fourth-order valence-corrected chi connectivity index (χ4v) is 1.45. The molecule has 1 rings (SSSR count). The zero-order valence-electron chi connectivity index (χ0n) is 11.7. The van der Waals surface area contributed by atoms with Gasteiger partial charge in [0, 0.05) is 11.1 Å². The third-order valence-corrected chi connectivity index (χ3v) is 2.23. The number of nitrogens with zero attached hydrogens (tertiary/aromatic N) is 1. The number of nitrogens with one attached hydrogen (secondary N) is 1. The molecule has 0 aromatic heterocycles. The highest BCUT2D eigenvalue weighted by atomic mass is 127. The summed E-state index contributed by atoms with van der Waals surface area (Å²) in [6.45, 7) is 6.30. The van der Waals surface area contributed by atoms with Crippen LogP contribution >= 0.6 is 24.0 Å². The number of phenols is 1. The molecule has 1 aromatic carbocycles. The van der Waals surface area contributed by atoms with Gasteiger partial charge in [-0.2, -0.15) is 0 Å². The summed E-state index contributed by atoms with van der Waals surface area (Å²) in [5, 5.41) is 12.9. The van der Waals surface area contributed by atoms with Crippen LogP contribution in [-0.4, -0.2) is 23.7 Å². The molecule has 0 amide bonds. The number of aliphatic imine (C=N–C) groups is 1. The van der Waals surface area contributed by atoms with Crippen LogP contribution in [0.4, 0.5) is 0 Å². The summed E-state index contributed by atoms with van der Waals surface area (Å²) in [5.74, 6) is 0.891. The van der Waals surface area contributed by atoms with Gasteiger partial charge in [0.25, 0.3) is 0 Å². The first kappa shape index (κ1) is 17.8. The zero-order chi connectivity index (χ0) is 13.8. The molecule has 1 aromatic rings. The lowest BCUT2D eigenvalue weighted by molar-refractivity contribution is 0.370. The van der Waals surface area contributed by atoms with Crippen LogP contribution < -0.4 is 15.8 Å². The summed E-state index contributed by atoms with van der Waals surface area (Å²) in [4.78, 5) is 4.18. The lowest BCUT2D eigenvalue weighted by Crippen LogP contribution is -2.44. The summed E-state index contributed by atoms with van der Waals surface area (Å²) in [7, 11) is 1.51. The van der Waals surface area contributed by atoms with Gasteiger partial charge in [0.05, 0.1) is 13.7 Å². The van der Waals surface area contributed by atoms with E-state index in [4.69, 9.17) is 10.5 Å². The Kier molecular flexibility index (Phi) is 6.96. The van der Waals surface area contributed by atoms with Gasteiger partial charge in [-0.05, 0) is 26.8 Å². The van der Waals surface area contributed by atoms with Gasteiger partial charge in [-0.25, -0.2) is 4.99 Å². The van der Waals surface area contributed by atoms with Crippen LogP contribution in [0.25, 0.3) is 0 Å². The summed E-state index contributed by atoms with van der Waals surface area (Å²) in [6, 6.07) is 5.28. The number of nitrogens with two attached hydrogens (primary N) is 1. The highest BCUT2D eigenvalue weighted by Crippen LogP contribution is 2.29. The molecule has 0 fully saturated rings. The minimum atomic E-state index is -0.135. The maximum Gasteiger partial charge on any atom is 0.189 e. The smallest absolute Gasteiger partial charge is 0.189 e. The predicted octanol–water partition coefficient (Wildman–Crippen LogP) is 2.22. The molecular formula is C13H22IN3O2. The topological polar surface area (TPSA) is 79.9 Å². The number of halogens is 1. The van der Waals surface area contributed by atoms with E-state index < -0.39 is 0 Å². The molecule has 0 spiro atoms. The molecule has 108 valence electrons.